The predicted molar refractivity (Wildman–Crippen MR) is 88.9 cm³/mol. The van der Waals surface area contributed by atoms with E-state index in [2.05, 4.69) is 0 Å². The summed E-state index contributed by atoms with van der Waals surface area (Å²) in [5.41, 5.74) is 0.698. The summed E-state index contributed by atoms with van der Waals surface area (Å²) < 4.78 is 28.7. The first-order chi connectivity index (χ1) is 11.4. The third-order valence-corrected chi connectivity index (χ3v) is 6.53. The van der Waals surface area contributed by atoms with Crippen molar-refractivity contribution in [2.24, 2.45) is 0 Å². The van der Waals surface area contributed by atoms with Gasteiger partial charge in [-0.05, 0) is 43.5 Å². The van der Waals surface area contributed by atoms with Gasteiger partial charge in [0.25, 0.3) is 0 Å². The van der Waals surface area contributed by atoms with Gasteiger partial charge in [0.2, 0.25) is 10.0 Å². The van der Waals surface area contributed by atoms with Crippen LogP contribution in [0.1, 0.15) is 38.6 Å². The predicted octanol–water partition coefficient (Wildman–Crippen LogP) is 1.52. The Labute approximate surface area is 141 Å². The Balaban J connectivity index is 1.99. The Hall–Kier alpha value is -1.86. The molecule has 1 saturated heterocycles. The average Bonchev–Trinajstić information content (AvgIpc) is 2.99. The van der Waals surface area contributed by atoms with Crippen LogP contribution in [0.5, 0.6) is 0 Å². The summed E-state index contributed by atoms with van der Waals surface area (Å²) in [5.74, 6) is -1.14. The fourth-order valence-electron chi connectivity index (χ4n) is 3.31. The molecule has 130 valence electrons. The molecule has 0 aliphatic carbocycles. The Morgan fingerprint density at radius 3 is 2.54 bits per heavy atom. The lowest BCUT2D eigenvalue weighted by atomic mass is 10.2. The molecule has 1 aromatic heterocycles. The molecular formula is C17H21N2O4S-. The lowest BCUT2D eigenvalue weighted by Gasteiger charge is -2.26. The fraction of sp³-hybridized carbons (Fsp3) is 0.471. The topological polar surface area (TPSA) is 82.4 Å². The Morgan fingerprint density at radius 1 is 1.21 bits per heavy atom. The van der Waals surface area contributed by atoms with E-state index >= 15 is 0 Å². The number of fused-ring (bicyclic) bond motifs is 1. The molecule has 1 aliphatic rings. The maximum atomic E-state index is 12.8. The summed E-state index contributed by atoms with van der Waals surface area (Å²) >= 11 is 0. The number of aliphatic carboxylic acids is 1. The molecule has 0 bridgehead atoms. The number of benzene rings is 1. The molecular weight excluding hydrogens is 328 g/mol. The van der Waals surface area contributed by atoms with Crippen LogP contribution in [0.4, 0.5) is 0 Å². The van der Waals surface area contributed by atoms with Crippen LogP contribution in [-0.4, -0.2) is 36.3 Å². The van der Waals surface area contributed by atoms with Crippen molar-refractivity contribution in [1.82, 2.24) is 8.87 Å². The maximum absolute atomic E-state index is 12.8. The van der Waals surface area contributed by atoms with Gasteiger partial charge in [-0.25, -0.2) is 8.42 Å². The molecule has 7 heteroatoms. The number of rotatable bonds is 5. The number of carboxylic acid groups (broad SMARTS) is 1. The largest absolute Gasteiger partial charge is 0.548 e. The number of sulfonamides is 1. The number of aromatic nitrogens is 1. The number of carboxylic acids is 1. The average molecular weight is 349 g/mol. The molecule has 24 heavy (non-hydrogen) atoms. The highest BCUT2D eigenvalue weighted by atomic mass is 32.2. The van der Waals surface area contributed by atoms with Crippen LogP contribution >= 0.6 is 0 Å². The minimum Gasteiger partial charge on any atom is -0.548 e. The van der Waals surface area contributed by atoms with Crippen molar-refractivity contribution < 1.29 is 18.3 Å². The summed E-state index contributed by atoms with van der Waals surface area (Å²) in [4.78, 5) is 11.5. The number of hydrogen-bond donors (Lipinski definition) is 0. The number of hydrogen-bond acceptors (Lipinski definition) is 4. The molecule has 1 fully saturated rings. The van der Waals surface area contributed by atoms with Gasteiger partial charge < -0.3 is 14.5 Å². The molecule has 0 amide bonds. The maximum Gasteiger partial charge on any atom is 0.243 e. The molecule has 0 saturated carbocycles. The lowest BCUT2D eigenvalue weighted by Crippen LogP contribution is -2.35. The first kappa shape index (κ1) is 17.0. The van der Waals surface area contributed by atoms with Gasteiger partial charge in [-0.2, -0.15) is 4.31 Å². The van der Waals surface area contributed by atoms with Gasteiger partial charge in [-0.15, -0.1) is 0 Å². The molecule has 1 aromatic carbocycles. The fourth-order valence-corrected chi connectivity index (χ4v) is 4.86. The van der Waals surface area contributed by atoms with Crippen LogP contribution in [0.3, 0.4) is 0 Å². The molecule has 1 unspecified atom stereocenters. The molecule has 2 aromatic rings. The Kier molecular flexibility index (Phi) is 4.64. The lowest BCUT2D eigenvalue weighted by molar-refractivity contribution is -0.310. The Bertz CT molecular complexity index is 851. The molecule has 6 nitrogen and oxygen atoms in total. The van der Waals surface area contributed by atoms with Gasteiger partial charge in [-0.3, -0.25) is 0 Å². The second-order valence-corrected chi connectivity index (χ2v) is 8.09. The van der Waals surface area contributed by atoms with Crippen molar-refractivity contribution in [3.63, 3.8) is 0 Å². The van der Waals surface area contributed by atoms with Crippen molar-refractivity contribution in [3.8, 4) is 0 Å². The molecule has 1 atom stereocenters. The van der Waals surface area contributed by atoms with Gasteiger partial charge in [-0.1, -0.05) is 13.3 Å². The van der Waals surface area contributed by atoms with E-state index in [0.29, 0.717) is 30.4 Å². The van der Waals surface area contributed by atoms with E-state index < -0.39 is 22.0 Å². The SMILES string of the molecule is CCC(C(=O)[O-])n1ccc2cc(S(=O)(=O)N3CCCCC3)ccc21. The quantitative estimate of drug-likeness (QED) is 0.819. The van der Waals surface area contributed by atoms with E-state index in [-0.39, 0.29) is 4.90 Å². The van der Waals surface area contributed by atoms with E-state index in [1.54, 1.807) is 42.0 Å². The van der Waals surface area contributed by atoms with E-state index in [1.807, 2.05) is 0 Å². The first-order valence-electron chi connectivity index (χ1n) is 8.26. The molecule has 1 aliphatic heterocycles. The highest BCUT2D eigenvalue weighted by Gasteiger charge is 2.26. The molecule has 3 rings (SSSR count). The molecule has 2 heterocycles. The summed E-state index contributed by atoms with van der Waals surface area (Å²) in [6, 6.07) is 5.85. The summed E-state index contributed by atoms with van der Waals surface area (Å²) in [5, 5.41) is 12.0. The van der Waals surface area contributed by atoms with Crippen molar-refractivity contribution in [2.45, 2.75) is 43.5 Å². The zero-order valence-electron chi connectivity index (χ0n) is 13.6. The smallest absolute Gasteiger partial charge is 0.243 e. The van der Waals surface area contributed by atoms with E-state index in [9.17, 15) is 18.3 Å². The third kappa shape index (κ3) is 2.93. The normalized spacial score (nSPS) is 17.9. The van der Waals surface area contributed by atoms with E-state index in [0.717, 1.165) is 19.3 Å². The van der Waals surface area contributed by atoms with Gasteiger partial charge in [0.15, 0.2) is 0 Å². The van der Waals surface area contributed by atoms with Crippen LogP contribution in [0.25, 0.3) is 10.9 Å². The minimum atomic E-state index is -3.49. The number of nitrogens with zero attached hydrogens (tertiary/aromatic N) is 2. The van der Waals surface area contributed by atoms with Crippen LogP contribution in [-0.2, 0) is 14.8 Å². The minimum absolute atomic E-state index is 0.260. The van der Waals surface area contributed by atoms with Gasteiger partial charge >= 0.3 is 0 Å². The van der Waals surface area contributed by atoms with Crippen LogP contribution in [0, 0.1) is 0 Å². The van der Waals surface area contributed by atoms with Crippen molar-refractivity contribution in [3.05, 3.63) is 30.5 Å². The van der Waals surface area contributed by atoms with Crippen molar-refractivity contribution in [2.75, 3.05) is 13.1 Å². The zero-order chi connectivity index (χ0) is 17.3. The highest BCUT2D eigenvalue weighted by Crippen LogP contribution is 2.27. The van der Waals surface area contributed by atoms with E-state index in [1.165, 1.54) is 4.31 Å². The van der Waals surface area contributed by atoms with Crippen molar-refractivity contribution in [1.29, 1.82) is 0 Å². The third-order valence-electron chi connectivity index (χ3n) is 4.64. The monoisotopic (exact) mass is 349 g/mol. The number of carbonyl (C=O) groups is 1. The van der Waals surface area contributed by atoms with Crippen LogP contribution in [0.15, 0.2) is 35.4 Å². The van der Waals surface area contributed by atoms with Gasteiger partial charge in [0.1, 0.15) is 0 Å². The van der Waals surface area contributed by atoms with Crippen molar-refractivity contribution >= 4 is 26.9 Å². The highest BCUT2D eigenvalue weighted by molar-refractivity contribution is 7.89. The summed E-state index contributed by atoms with van der Waals surface area (Å²) in [7, 11) is -3.49. The zero-order valence-corrected chi connectivity index (χ0v) is 14.5. The van der Waals surface area contributed by atoms with E-state index in [4.69, 9.17) is 0 Å². The second kappa shape index (κ2) is 6.57. The molecule has 0 spiro atoms. The number of carbonyl (C=O) groups excluding carboxylic acids is 1. The van der Waals surface area contributed by atoms with Crippen LogP contribution < -0.4 is 5.11 Å². The van der Waals surface area contributed by atoms with Gasteiger partial charge in [0.05, 0.1) is 16.9 Å². The summed E-state index contributed by atoms with van der Waals surface area (Å²) in [6.07, 6.45) is 4.92. The first-order valence-corrected chi connectivity index (χ1v) is 9.70. The Morgan fingerprint density at radius 2 is 1.92 bits per heavy atom. The van der Waals surface area contributed by atoms with Crippen LogP contribution in [0.2, 0.25) is 0 Å². The molecule has 0 N–H and O–H groups in total. The summed E-state index contributed by atoms with van der Waals surface area (Å²) in [6.45, 7) is 2.90. The second-order valence-electron chi connectivity index (χ2n) is 6.15. The standard InChI is InChI=1S/C17H22N2O4S/c1-2-15(17(20)21)19-11-8-13-12-14(6-7-16(13)19)24(22,23)18-9-4-3-5-10-18/h6-8,11-12,15H,2-5,9-10H2,1H3,(H,20,21)/p-1. The molecule has 0 radical (unpaired) electrons. The number of piperidine rings is 1. The van der Waals surface area contributed by atoms with Gasteiger partial charge in [0, 0.05) is 30.2 Å².